The first-order valence-electron chi connectivity index (χ1n) is 5.00. The number of benzene rings is 1. The number of aryl methyl sites for hydroxylation is 1. The molecular weight excluding hydrogens is 225 g/mol. The van der Waals surface area contributed by atoms with Crippen LogP contribution in [-0.2, 0) is 11.2 Å². The second-order valence-corrected chi connectivity index (χ2v) is 3.55. The molecule has 5 nitrogen and oxygen atoms in total. The Balaban J connectivity index is 2.46. The molecule has 88 valence electrons. The molecule has 2 rings (SSSR count). The first-order valence-corrected chi connectivity index (χ1v) is 5.00. The highest BCUT2D eigenvalue weighted by Crippen LogP contribution is 2.20. The van der Waals surface area contributed by atoms with Gasteiger partial charge in [0.15, 0.2) is 0 Å². The first-order chi connectivity index (χ1) is 8.08. The van der Waals surface area contributed by atoms with E-state index in [1.54, 1.807) is 6.07 Å². The highest BCUT2D eigenvalue weighted by atomic mass is 19.1. The third-order valence-electron chi connectivity index (χ3n) is 2.32. The fourth-order valence-corrected chi connectivity index (χ4v) is 1.52. The number of nitrogen functional groups attached to an aromatic ring is 1. The summed E-state index contributed by atoms with van der Waals surface area (Å²) in [7, 11) is 0. The number of aliphatic carboxylic acids is 1. The van der Waals surface area contributed by atoms with E-state index in [0.29, 0.717) is 5.39 Å². The van der Waals surface area contributed by atoms with Gasteiger partial charge < -0.3 is 10.8 Å². The molecule has 0 fully saturated rings. The first kappa shape index (κ1) is 11.3. The van der Waals surface area contributed by atoms with Crippen LogP contribution in [0.25, 0.3) is 10.9 Å². The van der Waals surface area contributed by atoms with Crippen LogP contribution in [0.5, 0.6) is 0 Å². The van der Waals surface area contributed by atoms with Gasteiger partial charge in [0.05, 0.1) is 6.42 Å². The van der Waals surface area contributed by atoms with Gasteiger partial charge in [0, 0.05) is 11.8 Å². The van der Waals surface area contributed by atoms with Crippen LogP contribution in [0.15, 0.2) is 18.2 Å². The smallest absolute Gasteiger partial charge is 0.303 e. The number of fused-ring (bicyclic) bond motifs is 1. The summed E-state index contributed by atoms with van der Waals surface area (Å²) in [6, 6.07) is 4.42. The highest BCUT2D eigenvalue weighted by molar-refractivity contribution is 5.88. The molecule has 1 aromatic carbocycles. The number of carboxylic acids is 1. The minimum atomic E-state index is -0.958. The maximum Gasteiger partial charge on any atom is 0.303 e. The lowest BCUT2D eigenvalue weighted by Crippen LogP contribution is -2.05. The average molecular weight is 235 g/mol. The minimum Gasteiger partial charge on any atom is -0.481 e. The van der Waals surface area contributed by atoms with Crippen molar-refractivity contribution in [3.63, 3.8) is 0 Å². The number of hydrogen-bond acceptors (Lipinski definition) is 4. The lowest BCUT2D eigenvalue weighted by atomic mass is 10.2. The number of carboxylic acid groups (broad SMARTS) is 1. The summed E-state index contributed by atoms with van der Waals surface area (Å²) < 4.78 is 13.5. The molecule has 0 amide bonds. The van der Waals surface area contributed by atoms with Crippen molar-refractivity contribution in [2.24, 2.45) is 0 Å². The quantitative estimate of drug-likeness (QED) is 0.838. The average Bonchev–Trinajstić information content (AvgIpc) is 2.28. The van der Waals surface area contributed by atoms with Crippen molar-refractivity contribution in [1.29, 1.82) is 0 Å². The highest BCUT2D eigenvalue weighted by Gasteiger charge is 2.09. The maximum absolute atomic E-state index is 13.5. The van der Waals surface area contributed by atoms with E-state index < -0.39 is 11.8 Å². The van der Waals surface area contributed by atoms with Crippen LogP contribution >= 0.6 is 0 Å². The maximum atomic E-state index is 13.5. The Kier molecular flexibility index (Phi) is 2.86. The van der Waals surface area contributed by atoms with E-state index in [2.05, 4.69) is 9.97 Å². The molecule has 0 aliphatic carbocycles. The monoisotopic (exact) mass is 235 g/mol. The zero-order valence-corrected chi connectivity index (χ0v) is 8.85. The molecule has 1 heterocycles. The van der Waals surface area contributed by atoms with Crippen LogP contribution in [-0.4, -0.2) is 21.0 Å². The van der Waals surface area contributed by atoms with Crippen molar-refractivity contribution >= 4 is 22.7 Å². The third kappa shape index (κ3) is 2.30. The van der Waals surface area contributed by atoms with E-state index in [9.17, 15) is 9.18 Å². The van der Waals surface area contributed by atoms with Gasteiger partial charge in [-0.15, -0.1) is 0 Å². The number of nitrogens with zero attached hydrogens (tertiary/aromatic N) is 2. The van der Waals surface area contributed by atoms with E-state index in [0.717, 1.165) is 0 Å². The Morgan fingerprint density at radius 3 is 2.88 bits per heavy atom. The lowest BCUT2D eigenvalue weighted by Gasteiger charge is -2.04. The number of anilines is 1. The Bertz CT molecular complexity index is 586. The minimum absolute atomic E-state index is 0.112. The lowest BCUT2D eigenvalue weighted by molar-refractivity contribution is -0.137. The standard InChI is InChI=1S/C11H10FN3O2/c12-7-3-1-2-6-10(7)14-8(15-11(6)13)4-5-9(16)17/h1-3H,4-5H2,(H,16,17)(H2,13,14,15). The molecule has 0 saturated carbocycles. The Hall–Kier alpha value is -2.24. The largest absolute Gasteiger partial charge is 0.481 e. The van der Waals surface area contributed by atoms with E-state index in [1.807, 2.05) is 0 Å². The van der Waals surface area contributed by atoms with Crippen LogP contribution in [0.1, 0.15) is 12.2 Å². The van der Waals surface area contributed by atoms with Gasteiger partial charge in [0.25, 0.3) is 0 Å². The van der Waals surface area contributed by atoms with Crippen molar-refractivity contribution in [1.82, 2.24) is 9.97 Å². The molecule has 0 bridgehead atoms. The van der Waals surface area contributed by atoms with Crippen molar-refractivity contribution in [2.75, 3.05) is 5.73 Å². The number of hydrogen-bond donors (Lipinski definition) is 2. The molecule has 0 unspecified atom stereocenters. The van der Waals surface area contributed by atoms with Gasteiger partial charge in [-0.25, -0.2) is 14.4 Å². The summed E-state index contributed by atoms with van der Waals surface area (Å²) in [6.07, 6.45) is 0.0171. The van der Waals surface area contributed by atoms with Crippen molar-refractivity contribution in [2.45, 2.75) is 12.8 Å². The molecule has 3 N–H and O–H groups in total. The van der Waals surface area contributed by atoms with Crippen molar-refractivity contribution < 1.29 is 14.3 Å². The molecule has 0 atom stereocenters. The normalized spacial score (nSPS) is 10.6. The number of nitrogens with two attached hydrogens (primary N) is 1. The summed E-state index contributed by atoms with van der Waals surface area (Å²) >= 11 is 0. The Morgan fingerprint density at radius 2 is 2.18 bits per heavy atom. The van der Waals surface area contributed by atoms with Crippen LogP contribution in [0, 0.1) is 5.82 Å². The molecular formula is C11H10FN3O2. The second-order valence-electron chi connectivity index (χ2n) is 3.55. The molecule has 0 saturated heterocycles. The van der Waals surface area contributed by atoms with Gasteiger partial charge in [-0.1, -0.05) is 6.07 Å². The fraction of sp³-hybridized carbons (Fsp3) is 0.182. The Labute approximate surface area is 96.1 Å². The van der Waals surface area contributed by atoms with E-state index in [4.69, 9.17) is 10.8 Å². The zero-order chi connectivity index (χ0) is 12.4. The summed E-state index contributed by atoms with van der Waals surface area (Å²) in [6.45, 7) is 0. The molecule has 0 radical (unpaired) electrons. The number of halogens is 1. The third-order valence-corrected chi connectivity index (χ3v) is 2.32. The predicted molar refractivity (Wildman–Crippen MR) is 59.9 cm³/mol. The van der Waals surface area contributed by atoms with Gasteiger partial charge in [0.1, 0.15) is 23.0 Å². The number of aromatic nitrogens is 2. The summed E-state index contributed by atoms with van der Waals surface area (Å²) in [5.74, 6) is -1.05. The van der Waals surface area contributed by atoms with E-state index in [-0.39, 0.29) is 30.0 Å². The molecule has 0 spiro atoms. The van der Waals surface area contributed by atoms with Crippen LogP contribution in [0.2, 0.25) is 0 Å². The molecule has 2 aromatic rings. The molecule has 1 aromatic heterocycles. The zero-order valence-electron chi connectivity index (χ0n) is 8.85. The number of carbonyl (C=O) groups is 1. The van der Waals surface area contributed by atoms with Gasteiger partial charge in [-0.2, -0.15) is 0 Å². The van der Waals surface area contributed by atoms with Crippen LogP contribution < -0.4 is 5.73 Å². The number of para-hydroxylation sites is 1. The van der Waals surface area contributed by atoms with E-state index >= 15 is 0 Å². The van der Waals surface area contributed by atoms with Gasteiger partial charge in [-0.05, 0) is 12.1 Å². The van der Waals surface area contributed by atoms with Crippen molar-refractivity contribution in [3.8, 4) is 0 Å². The van der Waals surface area contributed by atoms with Gasteiger partial charge in [-0.3, -0.25) is 4.79 Å². The second kappa shape index (κ2) is 4.32. The predicted octanol–water partition coefficient (Wildman–Crippen LogP) is 1.37. The van der Waals surface area contributed by atoms with Crippen LogP contribution in [0.3, 0.4) is 0 Å². The molecule has 0 aliphatic heterocycles. The van der Waals surface area contributed by atoms with Gasteiger partial charge >= 0.3 is 5.97 Å². The van der Waals surface area contributed by atoms with E-state index in [1.165, 1.54) is 12.1 Å². The molecule has 0 aliphatic rings. The molecule has 17 heavy (non-hydrogen) atoms. The SMILES string of the molecule is Nc1nc(CCC(=O)O)nc2c(F)cccc12. The molecule has 6 heteroatoms. The number of rotatable bonds is 3. The topological polar surface area (TPSA) is 89.1 Å². The Morgan fingerprint density at radius 1 is 1.41 bits per heavy atom. The van der Waals surface area contributed by atoms with Crippen LogP contribution in [0.4, 0.5) is 10.2 Å². The summed E-state index contributed by atoms with van der Waals surface area (Å²) in [5, 5.41) is 8.99. The van der Waals surface area contributed by atoms with Crippen molar-refractivity contribution in [3.05, 3.63) is 29.8 Å². The van der Waals surface area contributed by atoms with Gasteiger partial charge in [0.2, 0.25) is 0 Å². The summed E-state index contributed by atoms with van der Waals surface area (Å²) in [5.41, 5.74) is 5.79. The summed E-state index contributed by atoms with van der Waals surface area (Å²) in [4.78, 5) is 18.4. The fourth-order valence-electron chi connectivity index (χ4n) is 1.52.